The summed E-state index contributed by atoms with van der Waals surface area (Å²) in [7, 11) is 3.26. The molecule has 13 nitrogen and oxygen atoms in total. The van der Waals surface area contributed by atoms with E-state index in [0.29, 0.717) is 42.8 Å². The molecule has 18 heteroatoms. The molecular formula is C53H53ClF4N8O5. The molecular weight excluding hydrogens is 940 g/mol. The van der Waals surface area contributed by atoms with E-state index in [0.717, 1.165) is 41.8 Å². The van der Waals surface area contributed by atoms with Gasteiger partial charge in [0.25, 0.3) is 5.91 Å². The van der Waals surface area contributed by atoms with Crippen molar-refractivity contribution in [2.24, 2.45) is 23.8 Å². The van der Waals surface area contributed by atoms with Crippen LogP contribution in [0.25, 0.3) is 10.9 Å². The van der Waals surface area contributed by atoms with E-state index in [9.17, 15) is 32.3 Å². The molecule has 5 aliphatic rings. The molecule has 0 bridgehead atoms. The Balaban J connectivity index is 0.847. The highest BCUT2D eigenvalue weighted by atomic mass is 35.5. The number of likely N-dealkylation sites (tertiary alicyclic amines) is 1. The number of aryl methyl sites for hydroxylation is 1. The molecule has 10 rings (SSSR count). The number of halogens is 5. The minimum Gasteiger partial charge on any atom is -0.495 e. The van der Waals surface area contributed by atoms with Crippen LogP contribution in [0.1, 0.15) is 110 Å². The van der Waals surface area contributed by atoms with Crippen LogP contribution in [0.3, 0.4) is 0 Å². The lowest BCUT2D eigenvalue weighted by molar-refractivity contribution is -0.141. The van der Waals surface area contributed by atoms with E-state index in [-0.39, 0.29) is 75.1 Å². The molecule has 6 atom stereocenters. The fourth-order valence-electron chi connectivity index (χ4n) is 11.7. The zero-order valence-electron chi connectivity index (χ0n) is 39.8. The normalized spacial score (nSPS) is 24.6. The Morgan fingerprint density at radius 1 is 1.04 bits per heavy atom. The molecule has 6 heterocycles. The molecule has 2 aromatic heterocycles. The number of ether oxygens (including phenoxy) is 1. The average molecular weight is 994 g/mol. The number of piperidine rings is 2. The van der Waals surface area contributed by atoms with Crippen molar-refractivity contribution < 1.29 is 41.5 Å². The van der Waals surface area contributed by atoms with Gasteiger partial charge in [0, 0.05) is 90.4 Å². The smallest absolute Gasteiger partial charge is 0.433 e. The van der Waals surface area contributed by atoms with Gasteiger partial charge in [-0.25, -0.2) is 4.39 Å². The predicted molar refractivity (Wildman–Crippen MR) is 258 cm³/mol. The standard InChI is InChI=1S/C53H53ClF4N8O5/c1-50(2,3)25-41-52(27-60-37-23-40(53(56,57)58)59-26-34(37)52)43(31-7-6-8-35(54)44(31)55)46(62-41)48(69)61-36-14-11-29(22-39(36)71-5)49(70)66-19-17-51(18-20-66)24-30(51)12-9-28-10-15-38-33(21-28)45(64-65(38)4)32-13-16-42(67)63-47(32)68/h6-8,10-11,14-15,21-23,26,30,32,41,43,46,60,62H,13,16-20,24-25,27H2,1-5H3,(H,61,69)(H,63,67,68)/t30-,32?,41-,43-,46+,52-/m0/s1. The number of methoxy groups -OCH3 is 1. The maximum Gasteiger partial charge on any atom is 0.433 e. The van der Waals surface area contributed by atoms with Crippen LogP contribution in [0.15, 0.2) is 66.9 Å². The third-order valence-corrected chi connectivity index (χ3v) is 15.6. The monoisotopic (exact) mass is 992 g/mol. The van der Waals surface area contributed by atoms with Crippen molar-refractivity contribution in [3.05, 3.63) is 111 Å². The molecule has 0 radical (unpaired) electrons. The second kappa shape index (κ2) is 17.7. The molecule has 370 valence electrons. The predicted octanol–water partition coefficient (Wildman–Crippen LogP) is 8.46. The number of benzene rings is 3. The second-order valence-electron chi connectivity index (χ2n) is 20.9. The van der Waals surface area contributed by atoms with Gasteiger partial charge >= 0.3 is 6.18 Å². The van der Waals surface area contributed by atoms with Crippen molar-refractivity contribution in [3.63, 3.8) is 0 Å². The van der Waals surface area contributed by atoms with Crippen molar-refractivity contribution in [3.8, 4) is 17.6 Å². The van der Waals surface area contributed by atoms with Gasteiger partial charge in [-0.15, -0.1) is 0 Å². The van der Waals surface area contributed by atoms with E-state index in [2.05, 4.69) is 43.2 Å². The Labute approximate surface area is 412 Å². The van der Waals surface area contributed by atoms with E-state index in [4.69, 9.17) is 16.3 Å². The lowest BCUT2D eigenvalue weighted by Crippen LogP contribution is -2.46. The molecule has 4 fully saturated rings. The Hall–Kier alpha value is -6.51. The lowest BCUT2D eigenvalue weighted by Gasteiger charge is -2.39. The Bertz CT molecular complexity index is 3100. The lowest BCUT2D eigenvalue weighted by atomic mass is 9.63. The van der Waals surface area contributed by atoms with Crippen molar-refractivity contribution in [1.82, 2.24) is 30.3 Å². The fraction of sp³-hybridized carbons (Fsp3) is 0.434. The number of amides is 4. The molecule has 2 spiro atoms. The first-order chi connectivity index (χ1) is 33.7. The summed E-state index contributed by atoms with van der Waals surface area (Å²) in [5, 5.41) is 17.4. The Morgan fingerprint density at radius 2 is 1.82 bits per heavy atom. The minimum absolute atomic E-state index is 0.00958. The van der Waals surface area contributed by atoms with Crippen LogP contribution in [0.2, 0.25) is 5.02 Å². The molecule has 3 saturated heterocycles. The summed E-state index contributed by atoms with van der Waals surface area (Å²) in [6, 6.07) is 14.5. The SMILES string of the molecule is COc1cc(C(=O)N2CCC3(CC2)C[C@@H]3C#Cc2ccc3c(c2)c(C2CCC(=O)NC2=O)nn3C)ccc1NC(=O)[C@@H]1N[C@@H](CC(C)(C)C)[C@@]2(CNc3cc(C(F)(F)F)ncc32)[C@H]1c1cccc(Cl)c1F. The highest BCUT2D eigenvalue weighted by Gasteiger charge is 2.62. The average Bonchev–Trinajstić information content (AvgIpc) is 3.53. The van der Waals surface area contributed by atoms with E-state index in [1.54, 1.807) is 35.0 Å². The fourth-order valence-corrected chi connectivity index (χ4v) is 11.8. The summed E-state index contributed by atoms with van der Waals surface area (Å²) in [5.41, 5.74) is 1.18. The number of carbonyl (C=O) groups is 4. The van der Waals surface area contributed by atoms with E-state index in [1.807, 2.05) is 50.9 Å². The number of aromatic nitrogens is 3. The first-order valence-electron chi connectivity index (χ1n) is 23.8. The van der Waals surface area contributed by atoms with Crippen LogP contribution in [0.4, 0.5) is 28.9 Å². The summed E-state index contributed by atoms with van der Waals surface area (Å²) in [4.78, 5) is 58.9. The van der Waals surface area contributed by atoms with Crippen LogP contribution in [-0.2, 0) is 33.0 Å². The van der Waals surface area contributed by atoms with Gasteiger partial charge < -0.3 is 25.6 Å². The molecule has 1 saturated carbocycles. The van der Waals surface area contributed by atoms with Crippen molar-refractivity contribution >= 4 is 57.5 Å². The van der Waals surface area contributed by atoms with Crippen molar-refractivity contribution in [1.29, 1.82) is 0 Å². The quantitative estimate of drug-likeness (QED) is 0.0713. The van der Waals surface area contributed by atoms with Gasteiger partial charge in [-0.05, 0) is 97.0 Å². The largest absolute Gasteiger partial charge is 0.495 e. The number of hydrogen-bond acceptors (Lipinski definition) is 9. The van der Waals surface area contributed by atoms with Gasteiger partial charge in [-0.1, -0.05) is 56.3 Å². The number of hydrogen-bond donors (Lipinski definition) is 4. The maximum absolute atomic E-state index is 16.3. The number of anilines is 2. The third kappa shape index (κ3) is 8.66. The number of pyridine rings is 1. The number of carbonyl (C=O) groups excluding carboxylic acids is 4. The van der Waals surface area contributed by atoms with E-state index >= 15 is 4.39 Å². The van der Waals surface area contributed by atoms with Gasteiger partial charge in [-0.2, -0.15) is 18.3 Å². The van der Waals surface area contributed by atoms with Gasteiger partial charge in [0.05, 0.1) is 41.0 Å². The summed E-state index contributed by atoms with van der Waals surface area (Å²) >= 11 is 6.38. The number of nitrogens with one attached hydrogen (secondary N) is 4. The number of imide groups is 1. The van der Waals surface area contributed by atoms with Crippen LogP contribution in [0.5, 0.6) is 5.75 Å². The number of rotatable bonds is 7. The third-order valence-electron chi connectivity index (χ3n) is 15.4. The van der Waals surface area contributed by atoms with Gasteiger partial charge in [0.15, 0.2) is 0 Å². The number of nitrogens with zero attached hydrogens (tertiary/aromatic N) is 4. The van der Waals surface area contributed by atoms with Crippen LogP contribution in [-0.4, -0.2) is 82.1 Å². The number of alkyl halides is 3. The molecule has 4 aliphatic heterocycles. The molecule has 71 heavy (non-hydrogen) atoms. The highest BCUT2D eigenvalue weighted by Crippen LogP contribution is 2.60. The molecule has 1 unspecified atom stereocenters. The van der Waals surface area contributed by atoms with Crippen molar-refractivity contribution in [2.75, 3.05) is 37.4 Å². The Kier molecular flexibility index (Phi) is 12.0. The van der Waals surface area contributed by atoms with Crippen LogP contribution in [0, 0.1) is 34.4 Å². The van der Waals surface area contributed by atoms with E-state index in [1.165, 1.54) is 19.4 Å². The topological polar surface area (TPSA) is 160 Å². The van der Waals surface area contributed by atoms with E-state index < -0.39 is 52.9 Å². The van der Waals surface area contributed by atoms with Crippen molar-refractivity contribution in [2.45, 2.75) is 94.8 Å². The summed E-state index contributed by atoms with van der Waals surface area (Å²) in [5.74, 6) is 3.66. The highest BCUT2D eigenvalue weighted by molar-refractivity contribution is 6.30. The zero-order chi connectivity index (χ0) is 50.4. The number of fused-ring (bicyclic) bond motifs is 3. The summed E-state index contributed by atoms with van der Waals surface area (Å²) < 4.78 is 65.5. The summed E-state index contributed by atoms with van der Waals surface area (Å²) in [6.07, 6.45) is 0.113. The van der Waals surface area contributed by atoms with Gasteiger partial charge in [-0.3, -0.25) is 34.2 Å². The molecule has 3 aromatic carbocycles. The molecule has 4 N–H and O–H groups in total. The Morgan fingerprint density at radius 3 is 2.54 bits per heavy atom. The first-order valence-corrected chi connectivity index (χ1v) is 24.2. The maximum atomic E-state index is 16.3. The second-order valence-corrected chi connectivity index (χ2v) is 21.3. The minimum atomic E-state index is -4.70. The van der Waals surface area contributed by atoms with Crippen LogP contribution < -0.4 is 26.0 Å². The van der Waals surface area contributed by atoms with Gasteiger partial charge in [0.1, 0.15) is 17.3 Å². The molecule has 4 amide bonds. The van der Waals surface area contributed by atoms with Gasteiger partial charge in [0.2, 0.25) is 17.7 Å². The molecule has 1 aliphatic carbocycles. The van der Waals surface area contributed by atoms with Crippen LogP contribution >= 0.6 is 11.6 Å². The zero-order valence-corrected chi connectivity index (χ0v) is 40.6. The summed E-state index contributed by atoms with van der Waals surface area (Å²) in [6.45, 7) is 7.21. The molecule has 5 aromatic rings. The first kappa shape index (κ1) is 48.1.